The topological polar surface area (TPSA) is 102 Å². The molecule has 0 aliphatic heterocycles. The van der Waals surface area contributed by atoms with Gasteiger partial charge in [-0.05, 0) is 59.9 Å². The molecular weight excluding hydrogens is 444 g/mol. The first-order valence-corrected chi connectivity index (χ1v) is 11.5. The van der Waals surface area contributed by atoms with E-state index in [9.17, 15) is 20.2 Å². The highest BCUT2D eigenvalue weighted by molar-refractivity contribution is 5.73. The minimum absolute atomic E-state index is 0.480. The Morgan fingerprint density at radius 1 is 0.743 bits per heavy atom. The van der Waals surface area contributed by atoms with Gasteiger partial charge in [-0.1, -0.05) is 50.3 Å². The van der Waals surface area contributed by atoms with Crippen molar-refractivity contribution in [3.8, 4) is 0 Å². The molecule has 0 aliphatic carbocycles. The van der Waals surface area contributed by atoms with Gasteiger partial charge in [-0.25, -0.2) is 0 Å². The molecule has 8 nitrogen and oxygen atoms in total. The van der Waals surface area contributed by atoms with Crippen LogP contribution in [0, 0.1) is 20.2 Å². The second-order valence-electron chi connectivity index (χ2n) is 8.02. The zero-order valence-corrected chi connectivity index (χ0v) is 19.8. The number of nitro benzene ring substituents is 2. The van der Waals surface area contributed by atoms with Crippen molar-refractivity contribution < 1.29 is 9.85 Å². The lowest BCUT2D eigenvalue weighted by Gasteiger charge is -2.23. The van der Waals surface area contributed by atoms with Gasteiger partial charge >= 0.3 is 11.4 Å². The molecule has 3 rings (SSSR count). The lowest BCUT2D eigenvalue weighted by molar-refractivity contribution is -0.422. The van der Waals surface area contributed by atoms with Gasteiger partial charge in [0.25, 0.3) is 0 Å². The normalized spacial score (nSPS) is 11.3. The highest BCUT2D eigenvalue weighted by atomic mass is 16.6. The van der Waals surface area contributed by atoms with Gasteiger partial charge in [-0.15, -0.1) is 0 Å². The average molecular weight is 473 g/mol. The summed E-state index contributed by atoms with van der Waals surface area (Å²) in [4.78, 5) is 27.3. The highest BCUT2D eigenvalue weighted by Gasteiger charge is 2.23. The molecule has 0 aliphatic rings. The van der Waals surface area contributed by atoms with Crippen LogP contribution in [-0.4, -0.2) is 27.9 Å². The molecule has 1 aromatic heterocycles. The Kier molecular flexibility index (Phi) is 8.83. The number of nitro groups is 2. The summed E-state index contributed by atoms with van der Waals surface area (Å²) in [7, 11) is 0. The molecule has 0 fully saturated rings. The predicted octanol–water partition coefficient (Wildman–Crippen LogP) is 6.87. The van der Waals surface area contributed by atoms with Crippen LogP contribution in [0.25, 0.3) is 24.3 Å². The summed E-state index contributed by atoms with van der Waals surface area (Å²) in [6, 6.07) is 16.1. The molecule has 0 radical (unpaired) electrons. The number of pyridine rings is 1. The van der Waals surface area contributed by atoms with E-state index in [-0.39, 0.29) is 0 Å². The second-order valence-corrected chi connectivity index (χ2v) is 8.02. The molecule has 180 valence electrons. The smallest absolute Gasteiger partial charge is 0.346 e. The van der Waals surface area contributed by atoms with E-state index in [1.165, 1.54) is 17.8 Å². The number of aromatic nitrogens is 1. The standard InChI is InChI=1S/C27H28N4O4/c1-3-17-29(18-4-2)25-14-9-21(10-15-25)5-6-23-8-13-24(28-20-23)12-7-22-11-16-26(30(32)33)27(19-22)31(34)35/h5-16,19-20H,3-4,17-18H2,1-2H3. The van der Waals surface area contributed by atoms with Crippen molar-refractivity contribution in [1.82, 2.24) is 4.98 Å². The third-order valence-electron chi connectivity index (χ3n) is 5.36. The monoisotopic (exact) mass is 472 g/mol. The SMILES string of the molecule is CCCN(CCC)c1ccc(C=Cc2ccc(C=Cc3ccc([N+](=O)[O-])c([N+](=O)[O-])c3)nc2)cc1. The van der Waals surface area contributed by atoms with Gasteiger partial charge in [-0.2, -0.15) is 0 Å². The van der Waals surface area contributed by atoms with Crippen LogP contribution < -0.4 is 4.90 Å². The molecule has 2 aromatic carbocycles. The minimum Gasteiger partial charge on any atom is -0.372 e. The van der Waals surface area contributed by atoms with Crippen molar-refractivity contribution in [2.75, 3.05) is 18.0 Å². The van der Waals surface area contributed by atoms with E-state index in [4.69, 9.17) is 0 Å². The Morgan fingerprint density at radius 2 is 1.31 bits per heavy atom. The van der Waals surface area contributed by atoms with Crippen molar-refractivity contribution >= 4 is 41.4 Å². The van der Waals surface area contributed by atoms with Crippen LogP contribution >= 0.6 is 0 Å². The van der Waals surface area contributed by atoms with Crippen LogP contribution in [0.15, 0.2) is 60.8 Å². The molecule has 3 aromatic rings. The molecule has 8 heteroatoms. The number of hydrogen-bond donors (Lipinski definition) is 0. The third kappa shape index (κ3) is 7.07. The number of nitrogens with zero attached hydrogens (tertiary/aromatic N) is 4. The molecular formula is C27H28N4O4. The van der Waals surface area contributed by atoms with Crippen LogP contribution in [0.1, 0.15) is 49.1 Å². The van der Waals surface area contributed by atoms with E-state index >= 15 is 0 Å². The maximum Gasteiger partial charge on any atom is 0.346 e. The predicted molar refractivity (Wildman–Crippen MR) is 141 cm³/mol. The summed E-state index contributed by atoms with van der Waals surface area (Å²) < 4.78 is 0. The summed E-state index contributed by atoms with van der Waals surface area (Å²) in [5, 5.41) is 22.1. The van der Waals surface area contributed by atoms with Gasteiger partial charge in [0.2, 0.25) is 0 Å². The molecule has 0 amide bonds. The lowest BCUT2D eigenvalue weighted by Crippen LogP contribution is -2.24. The fourth-order valence-corrected chi connectivity index (χ4v) is 3.64. The first kappa shape index (κ1) is 25.3. The molecule has 0 saturated carbocycles. The fourth-order valence-electron chi connectivity index (χ4n) is 3.64. The maximum atomic E-state index is 11.1. The first-order chi connectivity index (χ1) is 16.9. The van der Waals surface area contributed by atoms with Gasteiger partial charge in [0.15, 0.2) is 0 Å². The molecule has 0 N–H and O–H groups in total. The molecule has 0 unspecified atom stereocenters. The molecule has 1 heterocycles. The van der Waals surface area contributed by atoms with Gasteiger partial charge in [0, 0.05) is 37.1 Å². The quantitative estimate of drug-likeness (QED) is 0.223. The van der Waals surface area contributed by atoms with Crippen LogP contribution in [0.3, 0.4) is 0 Å². The molecule has 0 spiro atoms. The summed E-state index contributed by atoms with van der Waals surface area (Å²) >= 11 is 0. The van der Waals surface area contributed by atoms with E-state index in [0.29, 0.717) is 11.3 Å². The summed E-state index contributed by atoms with van der Waals surface area (Å²) in [6.45, 7) is 6.49. The number of anilines is 1. The van der Waals surface area contributed by atoms with Crippen molar-refractivity contribution in [2.45, 2.75) is 26.7 Å². The van der Waals surface area contributed by atoms with Gasteiger partial charge in [-0.3, -0.25) is 25.2 Å². The number of hydrogen-bond acceptors (Lipinski definition) is 6. The summed E-state index contributed by atoms with van der Waals surface area (Å²) in [5.41, 5.74) is 3.35. The van der Waals surface area contributed by atoms with Crippen molar-refractivity contribution in [1.29, 1.82) is 0 Å². The maximum absolute atomic E-state index is 11.1. The van der Waals surface area contributed by atoms with E-state index in [2.05, 4.69) is 48.0 Å². The third-order valence-corrected chi connectivity index (χ3v) is 5.36. The first-order valence-electron chi connectivity index (χ1n) is 11.5. The van der Waals surface area contributed by atoms with Crippen LogP contribution in [-0.2, 0) is 0 Å². The lowest BCUT2D eigenvalue weighted by atomic mass is 10.1. The molecule has 0 saturated heterocycles. The van der Waals surface area contributed by atoms with E-state index in [0.717, 1.165) is 43.1 Å². The average Bonchev–Trinajstić information content (AvgIpc) is 2.86. The largest absolute Gasteiger partial charge is 0.372 e. The van der Waals surface area contributed by atoms with E-state index in [1.54, 1.807) is 18.3 Å². The van der Waals surface area contributed by atoms with E-state index in [1.807, 2.05) is 24.3 Å². The molecule has 0 bridgehead atoms. The van der Waals surface area contributed by atoms with Crippen molar-refractivity contribution in [3.63, 3.8) is 0 Å². The van der Waals surface area contributed by atoms with Crippen molar-refractivity contribution in [3.05, 3.63) is 103 Å². The van der Waals surface area contributed by atoms with Crippen LogP contribution in [0.2, 0.25) is 0 Å². The highest BCUT2D eigenvalue weighted by Crippen LogP contribution is 2.28. The van der Waals surface area contributed by atoms with Crippen LogP contribution in [0.5, 0.6) is 0 Å². The van der Waals surface area contributed by atoms with Gasteiger partial charge < -0.3 is 4.90 Å². The fraction of sp³-hybridized carbons (Fsp3) is 0.222. The Hall–Kier alpha value is -4.33. The Labute approximate surface area is 204 Å². The molecule has 35 heavy (non-hydrogen) atoms. The zero-order chi connectivity index (χ0) is 25.2. The van der Waals surface area contributed by atoms with Crippen LogP contribution in [0.4, 0.5) is 17.1 Å². The number of rotatable bonds is 11. The zero-order valence-electron chi connectivity index (χ0n) is 19.8. The summed E-state index contributed by atoms with van der Waals surface area (Å²) in [5.74, 6) is 0. The van der Waals surface area contributed by atoms with Crippen molar-refractivity contribution in [2.24, 2.45) is 0 Å². The van der Waals surface area contributed by atoms with Gasteiger partial charge in [0.1, 0.15) is 0 Å². The Balaban J connectivity index is 1.66. The van der Waals surface area contributed by atoms with E-state index < -0.39 is 21.2 Å². The minimum atomic E-state index is -0.763. The number of benzene rings is 2. The summed E-state index contributed by atoms with van der Waals surface area (Å²) in [6.07, 6.45) is 11.3. The Bertz CT molecular complexity index is 1210. The van der Waals surface area contributed by atoms with Gasteiger partial charge in [0.05, 0.1) is 15.5 Å². The molecule has 0 atom stereocenters. The second kappa shape index (κ2) is 12.2. The Morgan fingerprint density at radius 3 is 1.89 bits per heavy atom.